The van der Waals surface area contributed by atoms with E-state index in [1.54, 1.807) is 66.9 Å². The highest BCUT2D eigenvalue weighted by Gasteiger charge is 2.33. The molecular weight excluding hydrogens is 354 g/mol. The molecule has 0 spiro atoms. The van der Waals surface area contributed by atoms with Crippen molar-refractivity contribution in [2.75, 3.05) is 5.43 Å². The van der Waals surface area contributed by atoms with E-state index < -0.39 is 11.5 Å². The molecule has 28 heavy (non-hydrogen) atoms. The van der Waals surface area contributed by atoms with E-state index in [-0.39, 0.29) is 5.78 Å². The van der Waals surface area contributed by atoms with Crippen LogP contribution in [0.5, 0.6) is 0 Å². The summed E-state index contributed by atoms with van der Waals surface area (Å²) in [5.74, 6) is -0.643. The molecule has 0 radical (unpaired) electrons. The SMILES string of the molecule is O=C(Nn1c2c(c3ccccc3c1=O)C(=O)c1ccccc1-2)c1cccnc1. The summed E-state index contributed by atoms with van der Waals surface area (Å²) in [5.41, 5.74) is 4.53. The van der Waals surface area contributed by atoms with Crippen molar-refractivity contribution in [2.45, 2.75) is 0 Å². The molecule has 1 aliphatic carbocycles. The molecule has 5 rings (SSSR count). The number of carbonyl (C=O) groups is 2. The summed E-state index contributed by atoms with van der Waals surface area (Å²) in [6.07, 6.45) is 2.98. The summed E-state index contributed by atoms with van der Waals surface area (Å²) in [6, 6.07) is 17.3. The molecule has 0 saturated carbocycles. The zero-order valence-electron chi connectivity index (χ0n) is 14.5. The highest BCUT2D eigenvalue weighted by molar-refractivity contribution is 6.26. The van der Waals surface area contributed by atoms with Crippen LogP contribution in [0.25, 0.3) is 22.0 Å². The molecule has 0 unspecified atom stereocenters. The average molecular weight is 367 g/mol. The molecule has 6 heteroatoms. The Morgan fingerprint density at radius 1 is 0.857 bits per heavy atom. The molecule has 2 aromatic carbocycles. The van der Waals surface area contributed by atoms with E-state index in [4.69, 9.17) is 0 Å². The van der Waals surface area contributed by atoms with Crippen LogP contribution in [0.2, 0.25) is 0 Å². The zero-order chi connectivity index (χ0) is 19.3. The smallest absolute Gasteiger partial charge is 0.277 e. The lowest BCUT2D eigenvalue weighted by atomic mass is 10.0. The third kappa shape index (κ3) is 2.21. The number of aromatic nitrogens is 2. The van der Waals surface area contributed by atoms with Crippen molar-refractivity contribution in [3.8, 4) is 11.3 Å². The Balaban J connectivity index is 1.81. The molecule has 0 bridgehead atoms. The number of rotatable bonds is 2. The first kappa shape index (κ1) is 16.1. The topological polar surface area (TPSA) is 81.1 Å². The van der Waals surface area contributed by atoms with Gasteiger partial charge < -0.3 is 0 Å². The molecule has 6 nitrogen and oxygen atoms in total. The van der Waals surface area contributed by atoms with Crippen molar-refractivity contribution >= 4 is 22.5 Å². The number of pyridine rings is 2. The number of fused-ring (bicyclic) bond motifs is 5. The number of nitrogens with zero attached hydrogens (tertiary/aromatic N) is 2. The largest absolute Gasteiger partial charge is 0.288 e. The lowest BCUT2D eigenvalue weighted by Crippen LogP contribution is -2.35. The number of hydrogen-bond donors (Lipinski definition) is 1. The molecule has 134 valence electrons. The number of hydrogen-bond acceptors (Lipinski definition) is 4. The van der Waals surface area contributed by atoms with E-state index in [2.05, 4.69) is 10.4 Å². The van der Waals surface area contributed by atoms with E-state index >= 15 is 0 Å². The predicted molar refractivity (Wildman–Crippen MR) is 105 cm³/mol. The first-order chi connectivity index (χ1) is 13.7. The Morgan fingerprint density at radius 3 is 2.32 bits per heavy atom. The Hall–Kier alpha value is -4.06. The highest BCUT2D eigenvalue weighted by Crippen LogP contribution is 2.38. The van der Waals surface area contributed by atoms with Gasteiger partial charge in [-0.1, -0.05) is 42.5 Å². The molecule has 2 aromatic heterocycles. The molecule has 0 aliphatic heterocycles. The normalized spacial score (nSPS) is 11.9. The molecule has 0 fully saturated rings. The number of amides is 1. The summed E-state index contributed by atoms with van der Waals surface area (Å²) < 4.78 is 1.18. The van der Waals surface area contributed by atoms with Gasteiger partial charge in [0, 0.05) is 34.3 Å². The second-order valence-electron chi connectivity index (χ2n) is 6.47. The first-order valence-corrected chi connectivity index (χ1v) is 8.70. The van der Waals surface area contributed by atoms with Gasteiger partial charge in [-0.3, -0.25) is 24.8 Å². The van der Waals surface area contributed by atoms with Gasteiger partial charge in [0.2, 0.25) is 0 Å². The lowest BCUT2D eigenvalue weighted by Gasteiger charge is -2.15. The van der Waals surface area contributed by atoms with Crippen molar-refractivity contribution in [3.05, 3.63) is 100 Å². The van der Waals surface area contributed by atoms with Crippen molar-refractivity contribution in [3.63, 3.8) is 0 Å². The van der Waals surface area contributed by atoms with Crippen LogP contribution in [-0.2, 0) is 0 Å². The third-order valence-electron chi connectivity index (χ3n) is 4.88. The van der Waals surface area contributed by atoms with Crippen molar-refractivity contribution < 1.29 is 9.59 Å². The van der Waals surface area contributed by atoms with Crippen LogP contribution in [0.4, 0.5) is 0 Å². The standard InChI is InChI=1S/C22H13N3O3/c26-20-16-9-3-2-8-15(16)19-18(20)14-7-1-4-10-17(14)22(28)25(19)24-21(27)13-6-5-11-23-12-13/h1-12H,(H,24,27). The van der Waals surface area contributed by atoms with Gasteiger partial charge in [-0.2, -0.15) is 0 Å². The summed E-state index contributed by atoms with van der Waals surface area (Å²) in [4.78, 5) is 42.9. The van der Waals surface area contributed by atoms with Crippen molar-refractivity contribution in [2.24, 2.45) is 0 Å². The van der Waals surface area contributed by atoms with E-state index in [0.717, 1.165) is 0 Å². The van der Waals surface area contributed by atoms with Crippen LogP contribution in [0.1, 0.15) is 26.3 Å². The molecule has 2 heterocycles. The fourth-order valence-electron chi connectivity index (χ4n) is 3.63. The minimum absolute atomic E-state index is 0.161. The average Bonchev–Trinajstić information content (AvgIpc) is 3.04. The Kier molecular flexibility index (Phi) is 3.45. The van der Waals surface area contributed by atoms with Crippen LogP contribution in [-0.4, -0.2) is 21.4 Å². The van der Waals surface area contributed by atoms with Gasteiger partial charge in [0.1, 0.15) is 0 Å². The fraction of sp³-hybridized carbons (Fsp3) is 0. The predicted octanol–water partition coefficient (Wildman–Crippen LogP) is 2.99. The third-order valence-corrected chi connectivity index (χ3v) is 4.88. The van der Waals surface area contributed by atoms with E-state index in [1.165, 1.54) is 10.9 Å². The first-order valence-electron chi connectivity index (χ1n) is 8.70. The zero-order valence-corrected chi connectivity index (χ0v) is 14.5. The van der Waals surface area contributed by atoms with E-state index in [1.807, 2.05) is 0 Å². The highest BCUT2D eigenvalue weighted by atomic mass is 16.2. The van der Waals surface area contributed by atoms with Crippen LogP contribution in [0.3, 0.4) is 0 Å². The number of carbonyl (C=O) groups excluding carboxylic acids is 2. The number of nitrogens with one attached hydrogen (secondary N) is 1. The van der Waals surface area contributed by atoms with Crippen LogP contribution >= 0.6 is 0 Å². The second kappa shape index (κ2) is 5.99. The molecule has 1 amide bonds. The summed E-state index contributed by atoms with van der Waals surface area (Å²) in [5, 5.41) is 0.949. The van der Waals surface area contributed by atoms with Crippen LogP contribution in [0.15, 0.2) is 77.9 Å². The maximum atomic E-state index is 13.2. The number of ketones is 1. The maximum Gasteiger partial charge on any atom is 0.277 e. The van der Waals surface area contributed by atoms with Crippen LogP contribution in [0, 0.1) is 0 Å². The summed E-state index contributed by atoms with van der Waals surface area (Å²) in [6.45, 7) is 0. The molecule has 1 aliphatic rings. The molecule has 0 saturated heterocycles. The van der Waals surface area contributed by atoms with Gasteiger partial charge in [-0.25, -0.2) is 4.68 Å². The van der Waals surface area contributed by atoms with Crippen molar-refractivity contribution in [1.29, 1.82) is 0 Å². The summed E-state index contributed by atoms with van der Waals surface area (Å²) in [7, 11) is 0. The lowest BCUT2D eigenvalue weighted by molar-refractivity contribution is 0.100. The Morgan fingerprint density at radius 2 is 1.57 bits per heavy atom. The van der Waals surface area contributed by atoms with Gasteiger partial charge in [0.05, 0.1) is 16.8 Å². The Labute approximate surface area is 159 Å². The summed E-state index contributed by atoms with van der Waals surface area (Å²) >= 11 is 0. The van der Waals surface area contributed by atoms with Crippen LogP contribution < -0.4 is 11.0 Å². The van der Waals surface area contributed by atoms with Gasteiger partial charge >= 0.3 is 0 Å². The van der Waals surface area contributed by atoms with E-state index in [0.29, 0.717) is 38.7 Å². The van der Waals surface area contributed by atoms with Gasteiger partial charge in [0.15, 0.2) is 5.78 Å². The molecule has 0 atom stereocenters. The quantitative estimate of drug-likeness (QED) is 0.520. The van der Waals surface area contributed by atoms with Crippen molar-refractivity contribution in [1.82, 2.24) is 9.66 Å². The van der Waals surface area contributed by atoms with E-state index in [9.17, 15) is 14.4 Å². The monoisotopic (exact) mass is 367 g/mol. The maximum absolute atomic E-state index is 13.2. The van der Waals surface area contributed by atoms with Gasteiger partial charge in [-0.15, -0.1) is 0 Å². The fourth-order valence-corrected chi connectivity index (χ4v) is 3.63. The minimum Gasteiger partial charge on any atom is -0.288 e. The van der Waals surface area contributed by atoms with Gasteiger partial charge in [-0.05, 0) is 18.2 Å². The van der Waals surface area contributed by atoms with Gasteiger partial charge in [0.25, 0.3) is 11.5 Å². The number of benzene rings is 2. The minimum atomic E-state index is -0.482. The Bertz CT molecular complexity index is 1340. The molecule has 4 aromatic rings. The molecular formula is C22H13N3O3. The second-order valence-corrected chi connectivity index (χ2v) is 6.47. The molecule has 1 N–H and O–H groups in total.